The Morgan fingerprint density at radius 3 is 2.42 bits per heavy atom. The number of nitrogens with zero attached hydrogens (tertiary/aromatic N) is 1. The summed E-state index contributed by atoms with van der Waals surface area (Å²) in [6.45, 7) is 1.62. The van der Waals surface area contributed by atoms with Crippen molar-refractivity contribution < 1.29 is 5.11 Å². The van der Waals surface area contributed by atoms with Crippen LogP contribution in [-0.4, -0.2) is 11.3 Å². The van der Waals surface area contributed by atoms with Gasteiger partial charge < -0.3 is 10.4 Å². The average molecular weight is 166 g/mol. The Labute approximate surface area is 70.2 Å². The van der Waals surface area contributed by atoms with Crippen LogP contribution in [0.3, 0.4) is 0 Å². The van der Waals surface area contributed by atoms with E-state index in [9.17, 15) is 4.91 Å². The summed E-state index contributed by atoms with van der Waals surface area (Å²) in [4.78, 5) is 10.0. The summed E-state index contributed by atoms with van der Waals surface area (Å²) in [5.41, 5.74) is 1.14. The molecule has 2 N–H and O–H groups in total. The molecule has 0 amide bonds. The number of nitrogens with one attached hydrogen (secondary N) is 1. The minimum Gasteiger partial charge on any atom is -0.374 e. The van der Waals surface area contributed by atoms with Crippen molar-refractivity contribution in [2.24, 2.45) is 5.18 Å². The summed E-state index contributed by atoms with van der Waals surface area (Å²) in [6.07, 6.45) is -0.597. The molecule has 0 saturated heterocycles. The van der Waals surface area contributed by atoms with Crippen molar-refractivity contribution in [1.29, 1.82) is 0 Å². The topological polar surface area (TPSA) is 61.7 Å². The maximum absolute atomic E-state index is 10.0. The molecule has 4 nitrogen and oxygen atoms in total. The molecule has 12 heavy (non-hydrogen) atoms. The molecular weight excluding hydrogens is 156 g/mol. The first kappa shape index (κ1) is 8.67. The molecule has 0 bridgehead atoms. The van der Waals surface area contributed by atoms with Crippen LogP contribution in [0.4, 0.5) is 11.4 Å². The lowest BCUT2D eigenvalue weighted by molar-refractivity contribution is 0.224. The Morgan fingerprint density at radius 1 is 1.42 bits per heavy atom. The zero-order valence-electron chi connectivity index (χ0n) is 6.69. The second-order valence-corrected chi connectivity index (χ2v) is 2.46. The van der Waals surface area contributed by atoms with Gasteiger partial charge in [0.25, 0.3) is 0 Å². The number of benzene rings is 1. The van der Waals surface area contributed by atoms with E-state index < -0.39 is 6.23 Å². The van der Waals surface area contributed by atoms with Gasteiger partial charge in [0, 0.05) is 5.69 Å². The lowest BCUT2D eigenvalue weighted by Gasteiger charge is -2.07. The Bertz CT molecular complexity index is 256. The van der Waals surface area contributed by atoms with Crippen molar-refractivity contribution >= 4 is 11.4 Å². The molecule has 0 aliphatic heterocycles. The molecule has 0 fully saturated rings. The van der Waals surface area contributed by atoms with Crippen molar-refractivity contribution in [3.05, 3.63) is 29.2 Å². The highest BCUT2D eigenvalue weighted by Crippen LogP contribution is 2.15. The number of hydrogen-bond donors (Lipinski definition) is 2. The fraction of sp³-hybridized carbons (Fsp3) is 0.250. The van der Waals surface area contributed by atoms with Crippen LogP contribution in [0.5, 0.6) is 0 Å². The number of nitroso groups, excluding NO2 is 1. The van der Waals surface area contributed by atoms with Crippen LogP contribution >= 0.6 is 0 Å². The van der Waals surface area contributed by atoms with Gasteiger partial charge in [-0.15, -0.1) is 4.91 Å². The number of rotatable bonds is 3. The molecule has 4 heteroatoms. The highest BCUT2D eigenvalue weighted by molar-refractivity contribution is 5.50. The fourth-order valence-corrected chi connectivity index (χ4v) is 0.860. The first-order chi connectivity index (χ1) is 5.72. The standard InChI is InChI=1S/C8H10N2O2/c1-6(11)9-7-2-4-8(10-12)5-3-7/h2-6,9,11H,1H3. The number of aliphatic hydroxyl groups is 1. The molecule has 0 aliphatic carbocycles. The van der Waals surface area contributed by atoms with Gasteiger partial charge in [0.15, 0.2) is 0 Å². The molecule has 1 rings (SSSR count). The van der Waals surface area contributed by atoms with E-state index in [1.807, 2.05) is 0 Å². The summed E-state index contributed by atoms with van der Waals surface area (Å²) in [7, 11) is 0. The largest absolute Gasteiger partial charge is 0.374 e. The Kier molecular flexibility index (Phi) is 2.76. The third-order valence-corrected chi connectivity index (χ3v) is 1.35. The van der Waals surface area contributed by atoms with E-state index in [2.05, 4.69) is 10.5 Å². The lowest BCUT2D eigenvalue weighted by Crippen LogP contribution is -2.12. The van der Waals surface area contributed by atoms with Gasteiger partial charge in [-0.1, -0.05) is 0 Å². The number of aliphatic hydroxyl groups excluding tert-OH is 1. The summed E-state index contributed by atoms with van der Waals surface area (Å²) < 4.78 is 0. The predicted octanol–water partition coefficient (Wildman–Crippen LogP) is 1.83. The number of hydrogen-bond acceptors (Lipinski definition) is 4. The van der Waals surface area contributed by atoms with Crippen molar-refractivity contribution in [2.75, 3.05) is 5.32 Å². The SMILES string of the molecule is CC(O)Nc1ccc(N=O)cc1. The minimum atomic E-state index is -0.597. The third kappa shape index (κ3) is 2.32. The molecule has 0 aliphatic rings. The van der Waals surface area contributed by atoms with Crippen LogP contribution < -0.4 is 5.32 Å². The highest BCUT2D eigenvalue weighted by Gasteiger charge is 1.95. The summed E-state index contributed by atoms with van der Waals surface area (Å²) in [5.74, 6) is 0. The van der Waals surface area contributed by atoms with E-state index in [-0.39, 0.29) is 0 Å². The summed E-state index contributed by atoms with van der Waals surface area (Å²) >= 11 is 0. The maximum atomic E-state index is 10.0. The van der Waals surface area contributed by atoms with Crippen LogP contribution in [0.25, 0.3) is 0 Å². The second kappa shape index (κ2) is 3.82. The van der Waals surface area contributed by atoms with E-state index in [1.54, 1.807) is 31.2 Å². The van der Waals surface area contributed by atoms with Crippen molar-refractivity contribution in [1.82, 2.24) is 0 Å². The zero-order valence-corrected chi connectivity index (χ0v) is 6.69. The molecular formula is C8H10N2O2. The van der Waals surface area contributed by atoms with E-state index >= 15 is 0 Å². The van der Waals surface area contributed by atoms with Crippen LogP contribution in [0.15, 0.2) is 29.4 Å². The maximum Gasteiger partial charge on any atom is 0.121 e. The number of anilines is 1. The van der Waals surface area contributed by atoms with E-state index in [0.29, 0.717) is 5.69 Å². The molecule has 1 aromatic carbocycles. The average Bonchev–Trinajstić information content (AvgIpc) is 2.05. The molecule has 0 heterocycles. The third-order valence-electron chi connectivity index (χ3n) is 1.35. The van der Waals surface area contributed by atoms with Gasteiger partial charge in [-0.3, -0.25) is 0 Å². The van der Waals surface area contributed by atoms with Gasteiger partial charge in [-0.2, -0.15) is 0 Å². The molecule has 0 aromatic heterocycles. The Morgan fingerprint density at radius 2 is 2.00 bits per heavy atom. The van der Waals surface area contributed by atoms with E-state index in [1.165, 1.54) is 0 Å². The molecule has 0 radical (unpaired) electrons. The van der Waals surface area contributed by atoms with Gasteiger partial charge in [0.1, 0.15) is 11.9 Å². The molecule has 1 atom stereocenters. The van der Waals surface area contributed by atoms with Gasteiger partial charge in [0.2, 0.25) is 0 Å². The molecule has 1 aromatic rings. The smallest absolute Gasteiger partial charge is 0.121 e. The van der Waals surface area contributed by atoms with Crippen LogP contribution in [0.1, 0.15) is 6.92 Å². The predicted molar refractivity (Wildman–Crippen MR) is 47.2 cm³/mol. The molecule has 64 valence electrons. The molecule has 0 saturated carbocycles. The first-order valence-electron chi connectivity index (χ1n) is 3.60. The van der Waals surface area contributed by atoms with Crippen molar-refractivity contribution in [2.45, 2.75) is 13.2 Å². The van der Waals surface area contributed by atoms with Crippen molar-refractivity contribution in [3.63, 3.8) is 0 Å². The minimum absolute atomic E-state index is 0.381. The summed E-state index contributed by atoms with van der Waals surface area (Å²) in [5, 5.41) is 14.5. The van der Waals surface area contributed by atoms with Gasteiger partial charge in [-0.25, -0.2) is 0 Å². The molecule has 1 unspecified atom stereocenters. The van der Waals surface area contributed by atoms with Crippen LogP contribution in [0, 0.1) is 4.91 Å². The van der Waals surface area contributed by atoms with E-state index in [0.717, 1.165) is 5.69 Å². The first-order valence-corrected chi connectivity index (χ1v) is 3.60. The quantitative estimate of drug-likeness (QED) is 0.532. The van der Waals surface area contributed by atoms with Gasteiger partial charge in [-0.05, 0) is 36.4 Å². The van der Waals surface area contributed by atoms with Crippen LogP contribution in [0.2, 0.25) is 0 Å². The molecule has 0 spiro atoms. The van der Waals surface area contributed by atoms with Crippen molar-refractivity contribution in [3.8, 4) is 0 Å². The fourth-order valence-electron chi connectivity index (χ4n) is 0.860. The lowest BCUT2D eigenvalue weighted by atomic mass is 10.3. The normalized spacial score (nSPS) is 12.2. The zero-order chi connectivity index (χ0) is 8.97. The highest BCUT2D eigenvalue weighted by atomic mass is 16.3. The van der Waals surface area contributed by atoms with Gasteiger partial charge in [0.05, 0.1) is 0 Å². The Hall–Kier alpha value is -1.42. The second-order valence-electron chi connectivity index (χ2n) is 2.46. The van der Waals surface area contributed by atoms with E-state index in [4.69, 9.17) is 5.11 Å². The Balaban J connectivity index is 2.71. The summed E-state index contributed by atoms with van der Waals surface area (Å²) in [6, 6.07) is 6.53. The van der Waals surface area contributed by atoms with Crippen LogP contribution in [-0.2, 0) is 0 Å². The monoisotopic (exact) mass is 166 g/mol. The van der Waals surface area contributed by atoms with Gasteiger partial charge >= 0.3 is 0 Å².